The van der Waals surface area contributed by atoms with Gasteiger partial charge in [0.05, 0.1) is 16.8 Å². The second kappa shape index (κ2) is 11.5. The maximum Gasteiger partial charge on any atom is 0.266 e. The first kappa shape index (κ1) is 27.4. The number of anilines is 1. The molecule has 39 heavy (non-hydrogen) atoms. The summed E-state index contributed by atoms with van der Waals surface area (Å²) in [4.78, 5) is 20.7. The van der Waals surface area contributed by atoms with E-state index in [1.807, 2.05) is 43.1 Å². The Bertz CT molecular complexity index is 1500. The molecule has 0 aliphatic heterocycles. The second-order valence-electron chi connectivity index (χ2n) is 10.0. The van der Waals surface area contributed by atoms with Crippen molar-refractivity contribution in [2.24, 2.45) is 0 Å². The number of carbonyl (C=O) groups is 1. The molecule has 5 rings (SSSR count). The van der Waals surface area contributed by atoms with Gasteiger partial charge < -0.3 is 20.7 Å². The number of hydrogen-bond acceptors (Lipinski definition) is 6. The van der Waals surface area contributed by atoms with Crippen LogP contribution < -0.4 is 15.8 Å². The number of ether oxygens (including phenoxy) is 1. The van der Waals surface area contributed by atoms with Gasteiger partial charge in [-0.3, -0.25) is 4.79 Å². The van der Waals surface area contributed by atoms with Gasteiger partial charge in [0.2, 0.25) is 0 Å². The molecule has 0 atom stereocenters. The first-order valence-corrected chi connectivity index (χ1v) is 14.2. The van der Waals surface area contributed by atoms with E-state index in [1.165, 1.54) is 6.07 Å². The minimum atomic E-state index is -0.367. The molecule has 0 unspecified atom stereocenters. The zero-order valence-electron chi connectivity index (χ0n) is 22.3. The van der Waals surface area contributed by atoms with Gasteiger partial charge in [0, 0.05) is 41.3 Å². The predicted molar refractivity (Wildman–Crippen MR) is 157 cm³/mol. The summed E-state index contributed by atoms with van der Waals surface area (Å²) in [6.07, 6.45) is 5.38. The van der Waals surface area contributed by atoms with E-state index in [1.54, 1.807) is 25.4 Å². The lowest BCUT2D eigenvalue weighted by molar-refractivity contribution is 0.0604. The number of amides is 1. The van der Waals surface area contributed by atoms with Crippen LogP contribution in [-0.2, 0) is 6.54 Å². The van der Waals surface area contributed by atoms with Gasteiger partial charge in [0.1, 0.15) is 22.3 Å². The Morgan fingerprint density at radius 2 is 1.92 bits per heavy atom. The third kappa shape index (κ3) is 5.46. The van der Waals surface area contributed by atoms with Crippen LogP contribution in [0, 0.1) is 12.7 Å². The maximum absolute atomic E-state index is 14.7. The number of aryl methyl sites for hydroxylation is 1. The van der Waals surface area contributed by atoms with Crippen LogP contribution >= 0.6 is 22.9 Å². The molecule has 3 N–H and O–H groups in total. The van der Waals surface area contributed by atoms with Crippen molar-refractivity contribution in [3.05, 3.63) is 75.5 Å². The fourth-order valence-electron chi connectivity index (χ4n) is 5.44. The number of nitrogens with two attached hydrogens (primary N) is 1. The number of rotatable bonds is 7. The Hall–Kier alpha value is -3.20. The summed E-state index contributed by atoms with van der Waals surface area (Å²) in [5.41, 5.74) is 9.36. The minimum Gasteiger partial charge on any atom is -0.496 e. The first-order valence-electron chi connectivity index (χ1n) is 13.0. The molecular weight excluding hydrogens is 535 g/mol. The monoisotopic (exact) mass is 566 g/mol. The fourth-order valence-corrected chi connectivity index (χ4v) is 7.07. The Labute approximate surface area is 236 Å². The van der Waals surface area contributed by atoms with Crippen LogP contribution in [0.4, 0.5) is 10.2 Å². The maximum atomic E-state index is 14.7. The van der Waals surface area contributed by atoms with Crippen molar-refractivity contribution in [2.45, 2.75) is 51.2 Å². The summed E-state index contributed by atoms with van der Waals surface area (Å²) in [5, 5.41) is 4.29. The Balaban J connectivity index is 1.55. The molecule has 2 aromatic heterocycles. The number of methoxy groups -OCH3 is 1. The van der Waals surface area contributed by atoms with E-state index in [2.05, 4.69) is 10.3 Å². The Morgan fingerprint density at radius 3 is 2.56 bits per heavy atom. The normalized spacial score (nSPS) is 17.4. The van der Waals surface area contributed by atoms with Crippen molar-refractivity contribution in [1.82, 2.24) is 15.2 Å². The molecule has 0 spiro atoms. The number of halogens is 2. The number of carbonyl (C=O) groups excluding carboxylic acids is 1. The molecule has 2 aromatic carbocycles. The van der Waals surface area contributed by atoms with Crippen molar-refractivity contribution in [2.75, 3.05) is 19.9 Å². The number of aromatic nitrogens is 1. The highest BCUT2D eigenvalue weighted by Crippen LogP contribution is 2.41. The van der Waals surface area contributed by atoms with Crippen LogP contribution in [0.15, 0.2) is 48.7 Å². The standard InChI is InChI=1S/C30H32ClFN4O2S/c1-17-4-11-23(32)28-26(17)27(31)29(39-28)30(37)36(22-9-7-21(34-2)8-10-22)16-20-14-18(5-12-24(20)38-3)19-6-13-25(33)35-15-19/h4-6,11-15,21-22,34H,7-10,16H2,1-3H3,(H2,33,35)/t21-,22-. The zero-order chi connectivity index (χ0) is 27.7. The highest BCUT2D eigenvalue weighted by atomic mass is 35.5. The minimum absolute atomic E-state index is 0.0147. The lowest BCUT2D eigenvalue weighted by atomic mass is 9.89. The number of nitrogens with one attached hydrogen (secondary N) is 1. The molecule has 204 valence electrons. The SMILES string of the molecule is CN[C@H]1CC[C@H](N(Cc2cc(-c3ccc(N)nc3)ccc2OC)C(=O)c2sc3c(F)ccc(C)c3c2Cl)CC1. The van der Waals surface area contributed by atoms with E-state index in [9.17, 15) is 9.18 Å². The molecule has 1 fully saturated rings. The number of thiophene rings is 1. The number of nitrogens with zero attached hydrogens (tertiary/aromatic N) is 2. The summed E-state index contributed by atoms with van der Waals surface area (Å²) in [7, 11) is 3.60. The van der Waals surface area contributed by atoms with Crippen LogP contribution in [0.1, 0.15) is 46.5 Å². The number of nitrogen functional groups attached to an aromatic ring is 1. The van der Waals surface area contributed by atoms with E-state index >= 15 is 0 Å². The van der Waals surface area contributed by atoms with Gasteiger partial charge in [-0.2, -0.15) is 0 Å². The smallest absolute Gasteiger partial charge is 0.266 e. The van der Waals surface area contributed by atoms with Crippen molar-refractivity contribution in [3.63, 3.8) is 0 Å². The molecule has 1 aliphatic carbocycles. The first-order chi connectivity index (χ1) is 18.8. The van der Waals surface area contributed by atoms with Crippen LogP contribution in [0.25, 0.3) is 21.2 Å². The average molecular weight is 567 g/mol. The molecule has 0 bridgehead atoms. The highest BCUT2D eigenvalue weighted by Gasteiger charge is 2.32. The molecule has 6 nitrogen and oxygen atoms in total. The molecule has 0 saturated heterocycles. The van der Waals surface area contributed by atoms with E-state index in [-0.39, 0.29) is 17.8 Å². The van der Waals surface area contributed by atoms with Crippen LogP contribution in [0.3, 0.4) is 0 Å². The number of benzene rings is 2. The summed E-state index contributed by atoms with van der Waals surface area (Å²) in [6.45, 7) is 2.22. The third-order valence-corrected chi connectivity index (χ3v) is 9.36. The van der Waals surface area contributed by atoms with Crippen molar-refractivity contribution >= 4 is 44.7 Å². The topological polar surface area (TPSA) is 80.5 Å². The molecule has 1 aliphatic rings. The Kier molecular flexibility index (Phi) is 8.07. The Morgan fingerprint density at radius 1 is 1.18 bits per heavy atom. The second-order valence-corrected chi connectivity index (χ2v) is 11.4. The van der Waals surface area contributed by atoms with Gasteiger partial charge in [-0.1, -0.05) is 23.7 Å². The van der Waals surface area contributed by atoms with Gasteiger partial charge >= 0.3 is 0 Å². The summed E-state index contributed by atoms with van der Waals surface area (Å²) < 4.78 is 20.9. The molecule has 9 heteroatoms. The van der Waals surface area contributed by atoms with Gasteiger partial charge in [0.15, 0.2) is 0 Å². The zero-order valence-corrected chi connectivity index (χ0v) is 23.8. The number of hydrogen-bond donors (Lipinski definition) is 2. The number of pyridine rings is 1. The van der Waals surface area contributed by atoms with Crippen molar-refractivity contribution < 1.29 is 13.9 Å². The molecule has 2 heterocycles. The summed E-state index contributed by atoms with van der Waals surface area (Å²) >= 11 is 7.91. The van der Waals surface area contributed by atoms with E-state index in [0.29, 0.717) is 44.1 Å². The third-order valence-electron chi connectivity index (χ3n) is 7.68. The number of fused-ring (bicyclic) bond motifs is 1. The summed E-state index contributed by atoms with van der Waals surface area (Å²) in [6, 6.07) is 13.2. The molecule has 4 aromatic rings. The van der Waals surface area contributed by atoms with Crippen molar-refractivity contribution in [1.29, 1.82) is 0 Å². The van der Waals surface area contributed by atoms with E-state index in [4.69, 9.17) is 22.1 Å². The predicted octanol–water partition coefficient (Wildman–Crippen LogP) is 6.83. The van der Waals surface area contributed by atoms with E-state index in [0.717, 1.165) is 59.3 Å². The lowest BCUT2D eigenvalue weighted by Crippen LogP contribution is -2.44. The van der Waals surface area contributed by atoms with Gasteiger partial charge in [-0.15, -0.1) is 11.3 Å². The van der Waals surface area contributed by atoms with Gasteiger partial charge in [0.25, 0.3) is 5.91 Å². The van der Waals surface area contributed by atoms with Crippen molar-refractivity contribution in [3.8, 4) is 16.9 Å². The molecule has 0 radical (unpaired) electrons. The van der Waals surface area contributed by atoms with Gasteiger partial charge in [-0.25, -0.2) is 9.37 Å². The largest absolute Gasteiger partial charge is 0.496 e. The van der Waals surface area contributed by atoms with Gasteiger partial charge in [-0.05, 0) is 81.1 Å². The molecule has 1 amide bonds. The summed E-state index contributed by atoms with van der Waals surface area (Å²) in [5.74, 6) is 0.588. The van der Waals surface area contributed by atoms with E-state index < -0.39 is 0 Å². The fraction of sp³-hybridized carbons (Fsp3) is 0.333. The van der Waals surface area contributed by atoms with Crippen LogP contribution in [0.5, 0.6) is 5.75 Å². The lowest BCUT2D eigenvalue weighted by Gasteiger charge is -2.37. The van der Waals surface area contributed by atoms with Crippen LogP contribution in [0.2, 0.25) is 5.02 Å². The van der Waals surface area contributed by atoms with Crippen LogP contribution in [-0.4, -0.2) is 42.0 Å². The quantitative estimate of drug-likeness (QED) is 0.256. The highest BCUT2D eigenvalue weighted by molar-refractivity contribution is 7.21. The molecular formula is C30H32ClFN4O2S. The average Bonchev–Trinajstić information content (AvgIpc) is 3.32. The molecule has 1 saturated carbocycles.